The molecule has 0 saturated carbocycles. The Morgan fingerprint density at radius 1 is 1.13 bits per heavy atom. The second-order valence-corrected chi connectivity index (χ2v) is 9.89. The first kappa shape index (κ1) is 24.8. The summed E-state index contributed by atoms with van der Waals surface area (Å²) in [6.07, 6.45) is 0. The summed E-state index contributed by atoms with van der Waals surface area (Å²) in [5, 5.41) is 5.40. The Balaban J connectivity index is 1.98. The van der Waals surface area contributed by atoms with Crippen molar-refractivity contribution in [1.82, 2.24) is 10.0 Å². The first-order valence-corrected chi connectivity index (χ1v) is 11.8. The number of anilines is 1. The molecule has 0 aliphatic carbocycles. The number of halogens is 1. The van der Waals surface area contributed by atoms with Gasteiger partial charge in [-0.3, -0.25) is 14.9 Å². The lowest BCUT2D eigenvalue weighted by Gasteiger charge is -2.13. The Bertz CT molecular complexity index is 1090. The lowest BCUT2D eigenvalue weighted by Crippen LogP contribution is -2.34. The summed E-state index contributed by atoms with van der Waals surface area (Å²) in [7, 11) is -3.92. The Labute approximate surface area is 194 Å². The van der Waals surface area contributed by atoms with Crippen molar-refractivity contribution < 1.29 is 22.7 Å². The average molecular weight is 528 g/mol. The molecule has 0 aromatic heterocycles. The van der Waals surface area contributed by atoms with E-state index < -0.39 is 21.8 Å². The van der Waals surface area contributed by atoms with Gasteiger partial charge in [-0.1, -0.05) is 13.8 Å². The number of hydrogen-bond acceptors (Lipinski definition) is 6. The number of sulfonamides is 1. The van der Waals surface area contributed by atoms with Crippen LogP contribution < -0.4 is 20.1 Å². The average Bonchev–Trinajstić information content (AvgIpc) is 2.66. The van der Waals surface area contributed by atoms with Gasteiger partial charge >= 0.3 is 0 Å². The molecule has 0 spiro atoms. The van der Waals surface area contributed by atoms with Crippen molar-refractivity contribution in [1.29, 1.82) is 0 Å². The van der Waals surface area contributed by atoms with Crippen molar-refractivity contribution in [2.75, 3.05) is 11.9 Å². The molecule has 0 bridgehead atoms. The number of rotatable bonds is 7. The molecule has 2 amide bonds. The summed E-state index contributed by atoms with van der Waals surface area (Å²) >= 11 is 8.54. The number of carbonyl (C=O) groups is 2. The third-order valence-electron chi connectivity index (χ3n) is 3.69. The SMILES string of the molecule is CC(=O)NS(=O)(=O)c1ccc(NC(=S)NC(=O)c2ccc(OCC(C)C)c(Br)c2)cc1. The Morgan fingerprint density at radius 3 is 2.32 bits per heavy atom. The normalized spacial score (nSPS) is 11.0. The Hall–Kier alpha value is -2.50. The van der Waals surface area contributed by atoms with E-state index >= 15 is 0 Å². The highest BCUT2D eigenvalue weighted by Crippen LogP contribution is 2.26. The van der Waals surface area contributed by atoms with Crippen LogP contribution in [0.2, 0.25) is 0 Å². The minimum atomic E-state index is -3.92. The molecule has 0 radical (unpaired) electrons. The molecule has 0 aliphatic rings. The van der Waals surface area contributed by atoms with Gasteiger partial charge in [0, 0.05) is 18.2 Å². The number of nitrogens with one attached hydrogen (secondary N) is 3. The molecule has 0 aliphatic heterocycles. The summed E-state index contributed by atoms with van der Waals surface area (Å²) < 4.78 is 32.1. The van der Waals surface area contributed by atoms with Crippen molar-refractivity contribution in [2.24, 2.45) is 5.92 Å². The van der Waals surface area contributed by atoms with Crippen molar-refractivity contribution in [3.8, 4) is 5.75 Å². The number of benzene rings is 2. The summed E-state index contributed by atoms with van der Waals surface area (Å²) in [5.74, 6) is -0.0890. The zero-order valence-electron chi connectivity index (χ0n) is 17.1. The standard InChI is InChI=1S/C20H22BrN3O5S2/c1-12(2)11-29-18-9-4-14(10-17(18)21)19(26)23-20(30)22-15-5-7-16(8-6-15)31(27,28)24-13(3)25/h4-10,12H,11H2,1-3H3,(H,24,25)(H2,22,23,26,30). The minimum absolute atomic E-state index is 0.0405. The highest BCUT2D eigenvalue weighted by molar-refractivity contribution is 9.10. The van der Waals surface area contributed by atoms with Gasteiger partial charge < -0.3 is 10.1 Å². The first-order valence-electron chi connectivity index (χ1n) is 9.16. The summed E-state index contributed by atoms with van der Waals surface area (Å²) in [5.41, 5.74) is 0.843. The van der Waals surface area contributed by atoms with Gasteiger partial charge in [0.15, 0.2) is 5.11 Å². The molecule has 166 valence electrons. The molecule has 0 atom stereocenters. The highest BCUT2D eigenvalue weighted by Gasteiger charge is 2.15. The van der Waals surface area contributed by atoms with Crippen LogP contribution in [0, 0.1) is 5.92 Å². The lowest BCUT2D eigenvalue weighted by molar-refractivity contribution is -0.117. The van der Waals surface area contributed by atoms with Crippen molar-refractivity contribution in [2.45, 2.75) is 25.7 Å². The molecule has 31 heavy (non-hydrogen) atoms. The van der Waals surface area contributed by atoms with Gasteiger partial charge in [-0.25, -0.2) is 13.1 Å². The zero-order chi connectivity index (χ0) is 23.2. The fraction of sp³-hybridized carbons (Fsp3) is 0.250. The highest BCUT2D eigenvalue weighted by atomic mass is 79.9. The molecular formula is C20H22BrN3O5S2. The van der Waals surface area contributed by atoms with Crippen LogP contribution in [-0.2, 0) is 14.8 Å². The molecule has 2 aromatic rings. The fourth-order valence-electron chi connectivity index (χ4n) is 2.32. The second kappa shape index (κ2) is 10.7. The molecular weight excluding hydrogens is 506 g/mol. The number of carbonyl (C=O) groups excluding carboxylic acids is 2. The van der Waals surface area contributed by atoms with Crippen LogP contribution in [0.3, 0.4) is 0 Å². The van der Waals surface area contributed by atoms with Crippen molar-refractivity contribution in [3.63, 3.8) is 0 Å². The van der Waals surface area contributed by atoms with Gasteiger partial charge in [0.05, 0.1) is 16.0 Å². The summed E-state index contributed by atoms with van der Waals surface area (Å²) in [4.78, 5) is 23.4. The summed E-state index contributed by atoms with van der Waals surface area (Å²) in [6, 6.07) is 10.5. The third-order valence-corrected chi connectivity index (χ3v) is 5.97. The molecule has 2 aromatic carbocycles. The number of hydrogen-bond donors (Lipinski definition) is 3. The first-order chi connectivity index (χ1) is 14.5. The third kappa shape index (κ3) is 7.60. The maximum absolute atomic E-state index is 12.4. The predicted octanol–water partition coefficient (Wildman–Crippen LogP) is 3.44. The largest absolute Gasteiger partial charge is 0.492 e. The smallest absolute Gasteiger partial charge is 0.264 e. The van der Waals surface area contributed by atoms with E-state index in [0.29, 0.717) is 34.0 Å². The Morgan fingerprint density at radius 2 is 1.77 bits per heavy atom. The van der Waals surface area contributed by atoms with Crippen LogP contribution in [0.4, 0.5) is 5.69 Å². The molecule has 0 saturated heterocycles. The minimum Gasteiger partial charge on any atom is -0.492 e. The topological polar surface area (TPSA) is 114 Å². The van der Waals surface area contributed by atoms with Crippen LogP contribution in [0.15, 0.2) is 51.8 Å². The van der Waals surface area contributed by atoms with E-state index in [2.05, 4.69) is 26.6 Å². The van der Waals surface area contributed by atoms with Gasteiger partial charge in [0.1, 0.15) is 5.75 Å². The van der Waals surface area contributed by atoms with Crippen LogP contribution in [0.25, 0.3) is 0 Å². The fourth-order valence-corrected chi connectivity index (χ4v) is 4.01. The van der Waals surface area contributed by atoms with E-state index in [4.69, 9.17) is 17.0 Å². The number of ether oxygens (including phenoxy) is 1. The predicted molar refractivity (Wildman–Crippen MR) is 126 cm³/mol. The van der Waals surface area contributed by atoms with Crippen molar-refractivity contribution in [3.05, 3.63) is 52.5 Å². The van der Waals surface area contributed by atoms with Crippen molar-refractivity contribution >= 4 is 60.8 Å². The molecule has 2 rings (SSSR count). The van der Waals surface area contributed by atoms with Gasteiger partial charge in [0.2, 0.25) is 5.91 Å². The molecule has 0 unspecified atom stereocenters. The van der Waals surface area contributed by atoms with E-state index in [1.807, 2.05) is 18.6 Å². The molecule has 0 heterocycles. The van der Waals surface area contributed by atoms with Crippen LogP contribution in [0.1, 0.15) is 31.1 Å². The Kier molecular flexibility index (Phi) is 8.54. The number of thiocarbonyl (C=S) groups is 1. The number of amides is 2. The monoisotopic (exact) mass is 527 g/mol. The zero-order valence-corrected chi connectivity index (χ0v) is 20.3. The van der Waals surface area contributed by atoms with Crippen LogP contribution in [0.5, 0.6) is 5.75 Å². The molecule has 0 fully saturated rings. The second-order valence-electron chi connectivity index (χ2n) is 6.94. The molecule has 11 heteroatoms. The van der Waals surface area contributed by atoms with Gasteiger partial charge in [-0.15, -0.1) is 0 Å². The van der Waals surface area contributed by atoms with E-state index in [1.165, 1.54) is 24.3 Å². The molecule has 8 nitrogen and oxygen atoms in total. The maximum atomic E-state index is 12.4. The quantitative estimate of drug-likeness (QED) is 0.472. The molecule has 3 N–H and O–H groups in total. The maximum Gasteiger partial charge on any atom is 0.264 e. The lowest BCUT2D eigenvalue weighted by atomic mass is 10.2. The van der Waals surface area contributed by atoms with Gasteiger partial charge in [-0.05, 0) is 76.5 Å². The van der Waals surface area contributed by atoms with Crippen LogP contribution in [-0.4, -0.2) is 32.0 Å². The van der Waals surface area contributed by atoms with E-state index in [0.717, 1.165) is 6.92 Å². The van der Waals surface area contributed by atoms with Gasteiger partial charge in [-0.2, -0.15) is 0 Å². The van der Waals surface area contributed by atoms with E-state index in [1.54, 1.807) is 18.2 Å². The van der Waals surface area contributed by atoms with E-state index in [-0.39, 0.29) is 10.0 Å². The van der Waals surface area contributed by atoms with E-state index in [9.17, 15) is 18.0 Å². The van der Waals surface area contributed by atoms with Gasteiger partial charge in [0.25, 0.3) is 15.9 Å². The summed E-state index contributed by atoms with van der Waals surface area (Å²) in [6.45, 7) is 5.75. The van der Waals surface area contributed by atoms with Crippen LogP contribution >= 0.6 is 28.1 Å².